The number of anilines is 2. The molecule has 7 rings (SSSR count). The lowest BCUT2D eigenvalue weighted by Gasteiger charge is -2.22. The molecular weight excluding hydrogens is 486 g/mol. The summed E-state index contributed by atoms with van der Waals surface area (Å²) in [4.78, 5) is 7.16. The average Bonchev–Trinajstić information content (AvgIpc) is 3.50. The second-order valence-electron chi connectivity index (χ2n) is 10.4. The van der Waals surface area contributed by atoms with Gasteiger partial charge >= 0.3 is 0 Å². The van der Waals surface area contributed by atoms with Gasteiger partial charge in [0.25, 0.3) is 0 Å². The van der Waals surface area contributed by atoms with Crippen molar-refractivity contribution in [1.29, 1.82) is 0 Å². The van der Waals surface area contributed by atoms with Gasteiger partial charge in [-0.05, 0) is 65.6 Å². The van der Waals surface area contributed by atoms with Gasteiger partial charge in [-0.1, -0.05) is 98.8 Å². The molecule has 0 N–H and O–H groups in total. The van der Waals surface area contributed by atoms with Crippen LogP contribution < -0.4 is 4.90 Å². The molecule has 1 unspecified atom stereocenters. The summed E-state index contributed by atoms with van der Waals surface area (Å²) in [6, 6.07) is 43.7. The van der Waals surface area contributed by atoms with Gasteiger partial charge in [-0.15, -0.1) is 0 Å². The predicted molar refractivity (Wildman–Crippen MR) is 170 cm³/mol. The van der Waals surface area contributed by atoms with Gasteiger partial charge in [0.15, 0.2) is 0 Å². The zero-order valence-corrected chi connectivity index (χ0v) is 22.7. The molecule has 0 radical (unpaired) electrons. The average molecular weight is 518 g/mol. The standard InChI is InChI=1S/C37H31N3/c1-3-13-32-30-18-8-11-21-35(30)40(37(32)38-4-2)29-22-23-36-33(25-29)31-19-9-10-20-34(31)39(36)28-17-12-16-27(24-28)26-14-6-5-7-15-26/h4-12,14-25,32H,2-3,13H2,1H3/b38-37+. The molecule has 1 aliphatic heterocycles. The highest BCUT2D eigenvalue weighted by Gasteiger charge is 2.35. The largest absolute Gasteiger partial charge is 0.309 e. The van der Waals surface area contributed by atoms with E-state index in [1.54, 1.807) is 6.20 Å². The van der Waals surface area contributed by atoms with Gasteiger partial charge in [0.1, 0.15) is 5.84 Å². The van der Waals surface area contributed by atoms with Gasteiger partial charge < -0.3 is 4.57 Å². The number of para-hydroxylation sites is 2. The molecule has 6 aromatic rings. The summed E-state index contributed by atoms with van der Waals surface area (Å²) in [5, 5.41) is 2.47. The minimum absolute atomic E-state index is 0.261. The number of aromatic nitrogens is 1. The van der Waals surface area contributed by atoms with Crippen molar-refractivity contribution in [3.8, 4) is 16.8 Å². The first-order chi connectivity index (χ1) is 19.8. The number of hydrogen-bond acceptors (Lipinski definition) is 1. The van der Waals surface area contributed by atoms with E-state index < -0.39 is 0 Å². The van der Waals surface area contributed by atoms with Crippen molar-refractivity contribution in [3.05, 3.63) is 140 Å². The summed E-state index contributed by atoms with van der Waals surface area (Å²) in [5.74, 6) is 1.31. The van der Waals surface area contributed by atoms with E-state index in [0.29, 0.717) is 0 Å². The Morgan fingerprint density at radius 2 is 1.45 bits per heavy atom. The molecule has 5 aromatic carbocycles. The summed E-state index contributed by atoms with van der Waals surface area (Å²) < 4.78 is 2.39. The highest BCUT2D eigenvalue weighted by molar-refractivity contribution is 6.16. The lowest BCUT2D eigenvalue weighted by molar-refractivity contribution is 0.753. The summed E-state index contributed by atoms with van der Waals surface area (Å²) in [6.07, 6.45) is 3.83. The normalized spacial score (nSPS) is 15.7. The lowest BCUT2D eigenvalue weighted by Crippen LogP contribution is -2.24. The smallest absolute Gasteiger partial charge is 0.121 e. The van der Waals surface area contributed by atoms with Crippen molar-refractivity contribution in [2.24, 2.45) is 4.99 Å². The molecule has 3 nitrogen and oxygen atoms in total. The highest BCUT2D eigenvalue weighted by Crippen LogP contribution is 2.46. The number of aliphatic imine (C=N–C) groups is 1. The zero-order valence-electron chi connectivity index (χ0n) is 22.7. The minimum atomic E-state index is 0.261. The van der Waals surface area contributed by atoms with Crippen LogP contribution in [0.25, 0.3) is 38.6 Å². The van der Waals surface area contributed by atoms with Gasteiger partial charge in [0, 0.05) is 34.3 Å². The van der Waals surface area contributed by atoms with E-state index in [4.69, 9.17) is 4.99 Å². The Labute approximate surface area is 235 Å². The van der Waals surface area contributed by atoms with Gasteiger partial charge in [0.05, 0.1) is 16.7 Å². The van der Waals surface area contributed by atoms with Crippen molar-refractivity contribution in [2.75, 3.05) is 4.90 Å². The third-order valence-corrected chi connectivity index (χ3v) is 8.02. The molecule has 40 heavy (non-hydrogen) atoms. The predicted octanol–water partition coefficient (Wildman–Crippen LogP) is 10.0. The van der Waals surface area contributed by atoms with Crippen LogP contribution in [0.2, 0.25) is 0 Å². The van der Waals surface area contributed by atoms with E-state index in [0.717, 1.165) is 30.1 Å². The van der Waals surface area contributed by atoms with Gasteiger partial charge in [-0.3, -0.25) is 4.90 Å². The molecule has 0 bridgehead atoms. The molecule has 1 atom stereocenters. The summed E-state index contributed by atoms with van der Waals surface area (Å²) >= 11 is 0. The van der Waals surface area contributed by atoms with Crippen molar-refractivity contribution >= 4 is 39.0 Å². The Balaban J connectivity index is 1.43. The quantitative estimate of drug-likeness (QED) is 0.215. The molecule has 1 aliphatic rings. The first-order valence-corrected chi connectivity index (χ1v) is 14.0. The summed E-state index contributed by atoms with van der Waals surface area (Å²) in [7, 11) is 0. The third kappa shape index (κ3) is 3.85. The van der Waals surface area contributed by atoms with E-state index in [9.17, 15) is 0 Å². The van der Waals surface area contributed by atoms with Gasteiger partial charge in [-0.2, -0.15) is 0 Å². The van der Waals surface area contributed by atoms with Crippen molar-refractivity contribution < 1.29 is 0 Å². The summed E-state index contributed by atoms with van der Waals surface area (Å²) in [5.41, 5.74) is 9.65. The lowest BCUT2D eigenvalue weighted by atomic mass is 9.96. The van der Waals surface area contributed by atoms with Crippen LogP contribution in [0.4, 0.5) is 11.4 Å². The maximum atomic E-state index is 4.83. The molecule has 0 aliphatic carbocycles. The fourth-order valence-corrected chi connectivity index (χ4v) is 6.32. The molecular formula is C37H31N3. The van der Waals surface area contributed by atoms with Crippen LogP contribution in [0.15, 0.2) is 139 Å². The minimum Gasteiger partial charge on any atom is -0.309 e. The van der Waals surface area contributed by atoms with E-state index in [2.05, 4.69) is 144 Å². The van der Waals surface area contributed by atoms with Crippen LogP contribution in [0.1, 0.15) is 31.2 Å². The molecule has 0 amide bonds. The van der Waals surface area contributed by atoms with E-state index in [-0.39, 0.29) is 5.92 Å². The number of nitrogens with zero attached hydrogens (tertiary/aromatic N) is 3. The second-order valence-corrected chi connectivity index (χ2v) is 10.4. The molecule has 0 fully saturated rings. The number of benzene rings is 5. The van der Waals surface area contributed by atoms with Crippen LogP contribution in [-0.4, -0.2) is 10.4 Å². The zero-order chi connectivity index (χ0) is 27.1. The SMILES string of the molecule is C=C/N=C1\C(CCC)c2ccccc2N1c1ccc2c(c1)c1ccccc1n2-c1cccc(-c2ccccc2)c1. The topological polar surface area (TPSA) is 20.5 Å². The Morgan fingerprint density at radius 3 is 2.30 bits per heavy atom. The van der Waals surface area contributed by atoms with Crippen molar-refractivity contribution in [2.45, 2.75) is 25.7 Å². The van der Waals surface area contributed by atoms with Crippen LogP contribution in [0.3, 0.4) is 0 Å². The Morgan fingerprint density at radius 1 is 0.700 bits per heavy atom. The Kier molecular flexibility index (Phi) is 6.05. The molecule has 2 heterocycles. The molecule has 0 saturated carbocycles. The van der Waals surface area contributed by atoms with Crippen LogP contribution in [0, 0.1) is 0 Å². The van der Waals surface area contributed by atoms with Crippen molar-refractivity contribution in [3.63, 3.8) is 0 Å². The second kappa shape index (κ2) is 10.0. The number of rotatable bonds is 6. The molecule has 3 heteroatoms. The Hall–Kier alpha value is -4.89. The molecule has 0 saturated heterocycles. The molecule has 0 spiro atoms. The van der Waals surface area contributed by atoms with E-state index in [1.807, 2.05) is 0 Å². The maximum Gasteiger partial charge on any atom is 0.121 e. The highest BCUT2D eigenvalue weighted by atomic mass is 15.2. The van der Waals surface area contributed by atoms with Crippen LogP contribution >= 0.6 is 0 Å². The summed E-state index contributed by atoms with van der Waals surface area (Å²) in [6.45, 7) is 6.19. The Bertz CT molecular complexity index is 1890. The first-order valence-electron chi connectivity index (χ1n) is 14.0. The molecule has 194 valence electrons. The third-order valence-electron chi connectivity index (χ3n) is 8.02. The number of amidine groups is 1. The van der Waals surface area contributed by atoms with Gasteiger partial charge in [-0.25, -0.2) is 4.99 Å². The van der Waals surface area contributed by atoms with Crippen LogP contribution in [0.5, 0.6) is 0 Å². The first kappa shape index (κ1) is 24.2. The van der Waals surface area contributed by atoms with Crippen molar-refractivity contribution in [1.82, 2.24) is 4.57 Å². The fraction of sp³-hybridized carbons (Fsp3) is 0.108. The molecule has 1 aromatic heterocycles. The number of hydrogen-bond donors (Lipinski definition) is 0. The fourth-order valence-electron chi connectivity index (χ4n) is 6.32. The van der Waals surface area contributed by atoms with E-state index >= 15 is 0 Å². The van der Waals surface area contributed by atoms with Gasteiger partial charge in [0.2, 0.25) is 0 Å². The van der Waals surface area contributed by atoms with Crippen LogP contribution in [-0.2, 0) is 0 Å². The maximum absolute atomic E-state index is 4.83. The monoisotopic (exact) mass is 517 g/mol. The van der Waals surface area contributed by atoms with E-state index in [1.165, 1.54) is 44.2 Å². The number of fused-ring (bicyclic) bond motifs is 4.